The second-order valence-corrected chi connectivity index (χ2v) is 5.70. The molecule has 1 fully saturated rings. The standard InChI is InChI=1S/C13H23NO3/c1-7-8-10-9-16-13(5,6)14(10)11(15)17-12(2,3)4/h7-8,10H,9H2,1-6H3/t10-/m0/s1. The highest BCUT2D eigenvalue weighted by molar-refractivity contribution is 5.70. The zero-order valence-electron chi connectivity index (χ0n) is 11.6. The predicted molar refractivity (Wildman–Crippen MR) is 66.7 cm³/mol. The number of carbonyl (C=O) groups excluding carboxylic acids is 1. The Morgan fingerprint density at radius 1 is 1.47 bits per heavy atom. The van der Waals surface area contributed by atoms with Crippen LogP contribution in [0.5, 0.6) is 0 Å². The smallest absolute Gasteiger partial charge is 0.413 e. The highest BCUT2D eigenvalue weighted by atomic mass is 16.6. The summed E-state index contributed by atoms with van der Waals surface area (Å²) in [4.78, 5) is 13.8. The molecule has 1 aliphatic rings. The summed E-state index contributed by atoms with van der Waals surface area (Å²) in [5, 5.41) is 0. The van der Waals surface area contributed by atoms with E-state index < -0.39 is 11.3 Å². The van der Waals surface area contributed by atoms with E-state index in [9.17, 15) is 4.79 Å². The Morgan fingerprint density at radius 3 is 2.53 bits per heavy atom. The van der Waals surface area contributed by atoms with Crippen LogP contribution in [0.15, 0.2) is 12.2 Å². The summed E-state index contributed by atoms with van der Waals surface area (Å²) in [6, 6.07) is -0.0511. The molecule has 0 N–H and O–H groups in total. The zero-order chi connectivity index (χ0) is 13.3. The van der Waals surface area contributed by atoms with Gasteiger partial charge in [0.1, 0.15) is 11.3 Å². The summed E-state index contributed by atoms with van der Waals surface area (Å²) in [5.74, 6) is 0. The zero-order valence-corrected chi connectivity index (χ0v) is 11.6. The van der Waals surface area contributed by atoms with Crippen LogP contribution in [0.3, 0.4) is 0 Å². The topological polar surface area (TPSA) is 38.8 Å². The van der Waals surface area contributed by atoms with Gasteiger partial charge < -0.3 is 9.47 Å². The van der Waals surface area contributed by atoms with Crippen LogP contribution in [-0.4, -0.2) is 35.0 Å². The van der Waals surface area contributed by atoms with Crippen molar-refractivity contribution in [2.75, 3.05) is 6.61 Å². The van der Waals surface area contributed by atoms with Gasteiger partial charge in [-0.3, -0.25) is 4.90 Å². The van der Waals surface area contributed by atoms with Crippen LogP contribution in [0.25, 0.3) is 0 Å². The lowest BCUT2D eigenvalue weighted by Gasteiger charge is -2.34. The van der Waals surface area contributed by atoms with Crippen LogP contribution in [0, 0.1) is 0 Å². The van der Waals surface area contributed by atoms with Gasteiger partial charge in [0.25, 0.3) is 0 Å². The summed E-state index contributed by atoms with van der Waals surface area (Å²) in [7, 11) is 0. The first-order chi connectivity index (χ1) is 7.67. The molecule has 0 aromatic rings. The lowest BCUT2D eigenvalue weighted by atomic mass is 10.2. The molecule has 0 aromatic carbocycles. The van der Waals surface area contributed by atoms with Crippen molar-refractivity contribution in [1.82, 2.24) is 4.90 Å². The van der Waals surface area contributed by atoms with E-state index >= 15 is 0 Å². The normalized spacial score (nSPS) is 24.4. The van der Waals surface area contributed by atoms with Gasteiger partial charge in [0.15, 0.2) is 0 Å². The van der Waals surface area contributed by atoms with Gasteiger partial charge in [0.05, 0.1) is 12.6 Å². The molecule has 0 aromatic heterocycles. The van der Waals surface area contributed by atoms with Crippen molar-refractivity contribution in [2.45, 2.75) is 58.9 Å². The van der Waals surface area contributed by atoms with E-state index in [1.54, 1.807) is 4.90 Å². The molecule has 0 aliphatic carbocycles. The van der Waals surface area contributed by atoms with Crippen molar-refractivity contribution in [3.63, 3.8) is 0 Å². The van der Waals surface area contributed by atoms with Gasteiger partial charge in [-0.2, -0.15) is 0 Å². The minimum absolute atomic E-state index is 0.0511. The number of ether oxygens (including phenoxy) is 2. The average molecular weight is 241 g/mol. The summed E-state index contributed by atoms with van der Waals surface area (Å²) >= 11 is 0. The van der Waals surface area contributed by atoms with Crippen molar-refractivity contribution in [2.24, 2.45) is 0 Å². The molecule has 4 nitrogen and oxygen atoms in total. The number of hydrogen-bond acceptors (Lipinski definition) is 3. The third-order valence-electron chi connectivity index (χ3n) is 2.52. The summed E-state index contributed by atoms with van der Waals surface area (Å²) < 4.78 is 11.0. The Bertz CT molecular complexity index is 315. The SMILES string of the molecule is CC=C[C@H]1COC(C)(C)N1C(=O)OC(C)(C)C. The van der Waals surface area contributed by atoms with Crippen LogP contribution in [0.1, 0.15) is 41.5 Å². The minimum atomic E-state index is -0.619. The van der Waals surface area contributed by atoms with E-state index in [1.165, 1.54) is 0 Å². The Balaban J connectivity index is 2.86. The maximum Gasteiger partial charge on any atom is 0.413 e. The monoisotopic (exact) mass is 241 g/mol. The number of rotatable bonds is 1. The first kappa shape index (κ1) is 14.0. The van der Waals surface area contributed by atoms with Gasteiger partial charge in [-0.15, -0.1) is 0 Å². The van der Waals surface area contributed by atoms with Gasteiger partial charge in [-0.05, 0) is 41.5 Å². The fourth-order valence-electron chi connectivity index (χ4n) is 1.86. The Kier molecular flexibility index (Phi) is 3.87. The second kappa shape index (κ2) is 4.69. The minimum Gasteiger partial charge on any atom is -0.444 e. The molecular weight excluding hydrogens is 218 g/mol. The Hall–Kier alpha value is -1.03. The van der Waals surface area contributed by atoms with Crippen LogP contribution >= 0.6 is 0 Å². The van der Waals surface area contributed by atoms with Gasteiger partial charge >= 0.3 is 6.09 Å². The molecule has 98 valence electrons. The third-order valence-corrected chi connectivity index (χ3v) is 2.52. The molecule has 4 heteroatoms. The summed E-state index contributed by atoms with van der Waals surface area (Å²) in [5.41, 5.74) is -1.11. The largest absolute Gasteiger partial charge is 0.444 e. The van der Waals surface area contributed by atoms with Gasteiger partial charge in [0, 0.05) is 0 Å². The second-order valence-electron chi connectivity index (χ2n) is 5.70. The van der Waals surface area contributed by atoms with Gasteiger partial charge in [-0.1, -0.05) is 12.2 Å². The van der Waals surface area contributed by atoms with Crippen molar-refractivity contribution in [3.05, 3.63) is 12.2 Å². The van der Waals surface area contributed by atoms with Crippen molar-refractivity contribution < 1.29 is 14.3 Å². The first-order valence-electron chi connectivity index (χ1n) is 5.96. The fourth-order valence-corrected chi connectivity index (χ4v) is 1.86. The quantitative estimate of drug-likeness (QED) is 0.662. The molecular formula is C13H23NO3. The van der Waals surface area contributed by atoms with Gasteiger partial charge in [0.2, 0.25) is 0 Å². The van der Waals surface area contributed by atoms with Crippen LogP contribution in [0.2, 0.25) is 0 Å². The number of allylic oxidation sites excluding steroid dienone is 1. The maximum absolute atomic E-state index is 12.2. The van der Waals surface area contributed by atoms with Crippen LogP contribution < -0.4 is 0 Å². The van der Waals surface area contributed by atoms with Crippen molar-refractivity contribution >= 4 is 6.09 Å². The number of carbonyl (C=O) groups is 1. The number of amides is 1. The van der Waals surface area contributed by atoms with E-state index in [1.807, 2.05) is 53.7 Å². The van der Waals surface area contributed by atoms with E-state index in [4.69, 9.17) is 9.47 Å². The molecule has 1 amide bonds. The molecule has 1 saturated heterocycles. The average Bonchev–Trinajstić information content (AvgIpc) is 2.39. The molecule has 1 rings (SSSR count). The van der Waals surface area contributed by atoms with E-state index in [-0.39, 0.29) is 12.1 Å². The molecule has 0 spiro atoms. The molecule has 1 atom stereocenters. The molecule has 1 aliphatic heterocycles. The summed E-state index contributed by atoms with van der Waals surface area (Å²) in [6.07, 6.45) is 3.55. The summed E-state index contributed by atoms with van der Waals surface area (Å²) in [6.45, 7) is 11.8. The van der Waals surface area contributed by atoms with E-state index in [0.717, 1.165) is 0 Å². The van der Waals surface area contributed by atoms with Crippen LogP contribution in [0.4, 0.5) is 4.79 Å². The molecule has 0 radical (unpaired) electrons. The van der Waals surface area contributed by atoms with Crippen molar-refractivity contribution in [3.8, 4) is 0 Å². The first-order valence-corrected chi connectivity index (χ1v) is 5.96. The van der Waals surface area contributed by atoms with Gasteiger partial charge in [-0.25, -0.2) is 4.79 Å². The molecule has 17 heavy (non-hydrogen) atoms. The van der Waals surface area contributed by atoms with Crippen LogP contribution in [-0.2, 0) is 9.47 Å². The highest BCUT2D eigenvalue weighted by Gasteiger charge is 2.44. The Labute approximate surface area is 104 Å². The number of nitrogens with zero attached hydrogens (tertiary/aromatic N) is 1. The lowest BCUT2D eigenvalue weighted by Crippen LogP contribution is -2.49. The van der Waals surface area contributed by atoms with E-state index in [0.29, 0.717) is 6.61 Å². The Morgan fingerprint density at radius 2 is 2.06 bits per heavy atom. The van der Waals surface area contributed by atoms with Crippen molar-refractivity contribution in [1.29, 1.82) is 0 Å². The highest BCUT2D eigenvalue weighted by Crippen LogP contribution is 2.29. The fraction of sp³-hybridized carbons (Fsp3) is 0.769. The molecule has 0 bridgehead atoms. The van der Waals surface area contributed by atoms with E-state index in [2.05, 4.69) is 0 Å². The number of hydrogen-bond donors (Lipinski definition) is 0. The predicted octanol–water partition coefficient (Wildman–Crippen LogP) is 2.93. The maximum atomic E-state index is 12.2. The third kappa shape index (κ3) is 3.46. The molecule has 0 unspecified atom stereocenters. The molecule has 0 saturated carbocycles. The lowest BCUT2D eigenvalue weighted by molar-refractivity contribution is -0.0610. The molecule has 1 heterocycles.